The Labute approximate surface area is 145 Å². The Morgan fingerprint density at radius 2 is 2.00 bits per heavy atom. The lowest BCUT2D eigenvalue weighted by Crippen LogP contribution is -2.31. The molecule has 0 bridgehead atoms. The van der Waals surface area contributed by atoms with E-state index < -0.39 is 0 Å². The second-order valence-electron chi connectivity index (χ2n) is 6.63. The lowest BCUT2D eigenvalue weighted by Gasteiger charge is -2.39. The second kappa shape index (κ2) is 8.10. The van der Waals surface area contributed by atoms with Crippen LogP contribution in [0.15, 0.2) is 22.7 Å². The summed E-state index contributed by atoms with van der Waals surface area (Å²) in [5, 5.41) is 0.982. The molecule has 21 heavy (non-hydrogen) atoms. The van der Waals surface area contributed by atoms with Crippen molar-refractivity contribution in [2.75, 3.05) is 5.33 Å². The molecule has 1 saturated carbocycles. The Balaban J connectivity index is 1.99. The molecule has 0 aromatic heterocycles. The van der Waals surface area contributed by atoms with Crippen LogP contribution in [0.25, 0.3) is 0 Å². The number of rotatable bonds is 6. The Kier molecular flexibility index (Phi) is 6.74. The molecule has 0 saturated heterocycles. The van der Waals surface area contributed by atoms with Crippen LogP contribution in [0, 0.1) is 17.2 Å². The molecule has 1 fully saturated rings. The molecule has 1 aliphatic carbocycles. The third-order valence-electron chi connectivity index (χ3n) is 5.00. The average molecular weight is 420 g/mol. The Morgan fingerprint density at radius 3 is 2.57 bits per heavy atom. The molecule has 1 aromatic carbocycles. The van der Waals surface area contributed by atoms with E-state index >= 15 is 0 Å². The highest BCUT2D eigenvalue weighted by Gasteiger charge is 2.34. The molecule has 0 nitrogen and oxygen atoms in total. The van der Waals surface area contributed by atoms with Gasteiger partial charge in [0.1, 0.15) is 5.82 Å². The smallest absolute Gasteiger partial charge is 0.127 e. The first-order chi connectivity index (χ1) is 10.1. The number of alkyl halides is 1. The van der Waals surface area contributed by atoms with E-state index in [2.05, 4.69) is 38.8 Å². The number of hydrogen-bond donors (Lipinski definition) is 0. The van der Waals surface area contributed by atoms with Crippen LogP contribution in [-0.2, 0) is 6.42 Å². The molecular weight excluding hydrogens is 395 g/mol. The molecule has 118 valence electrons. The van der Waals surface area contributed by atoms with Crippen LogP contribution in [0.1, 0.15) is 57.4 Å². The summed E-state index contributed by atoms with van der Waals surface area (Å²) in [6.45, 7) is 2.27. The Hall–Kier alpha value is 0.110. The third kappa shape index (κ3) is 4.79. The van der Waals surface area contributed by atoms with Gasteiger partial charge in [-0.3, -0.25) is 0 Å². The van der Waals surface area contributed by atoms with Crippen LogP contribution in [0.4, 0.5) is 4.39 Å². The van der Waals surface area contributed by atoms with Crippen molar-refractivity contribution in [3.8, 4) is 0 Å². The van der Waals surface area contributed by atoms with Crippen molar-refractivity contribution < 1.29 is 4.39 Å². The number of unbranched alkanes of at least 4 members (excludes halogenated alkanes) is 1. The van der Waals surface area contributed by atoms with Gasteiger partial charge in [-0.05, 0) is 61.1 Å². The molecule has 2 rings (SSSR count). The molecule has 1 aliphatic rings. The van der Waals surface area contributed by atoms with Crippen molar-refractivity contribution in [3.63, 3.8) is 0 Å². The van der Waals surface area contributed by atoms with E-state index in [0.29, 0.717) is 0 Å². The van der Waals surface area contributed by atoms with Crippen LogP contribution in [0.3, 0.4) is 0 Å². The van der Waals surface area contributed by atoms with E-state index in [9.17, 15) is 4.39 Å². The third-order valence-corrected chi connectivity index (χ3v) is 6.68. The van der Waals surface area contributed by atoms with Gasteiger partial charge in [-0.15, -0.1) is 0 Å². The largest absolute Gasteiger partial charge is 0.207 e. The first-order valence-corrected chi connectivity index (χ1v) is 10.00. The number of halogens is 3. The number of hydrogen-bond acceptors (Lipinski definition) is 0. The molecule has 0 unspecified atom stereocenters. The minimum atomic E-state index is -0.0715. The van der Waals surface area contributed by atoms with Crippen LogP contribution < -0.4 is 0 Å². The second-order valence-corrected chi connectivity index (χ2v) is 8.11. The fourth-order valence-corrected chi connectivity index (χ4v) is 4.59. The molecule has 0 heterocycles. The average Bonchev–Trinajstić information content (AvgIpc) is 2.49. The monoisotopic (exact) mass is 418 g/mol. The van der Waals surface area contributed by atoms with Crippen molar-refractivity contribution in [2.24, 2.45) is 11.3 Å². The Morgan fingerprint density at radius 1 is 1.29 bits per heavy atom. The Bertz CT molecular complexity index is 451. The molecule has 0 N–H and O–H groups in total. The first kappa shape index (κ1) is 17.5. The highest BCUT2D eigenvalue weighted by Crippen LogP contribution is 2.44. The summed E-state index contributed by atoms with van der Waals surface area (Å²) in [5.41, 5.74) is 1.11. The predicted molar refractivity (Wildman–Crippen MR) is 95.5 cm³/mol. The molecule has 0 radical (unpaired) electrons. The first-order valence-electron chi connectivity index (χ1n) is 8.08. The summed E-state index contributed by atoms with van der Waals surface area (Å²) in [5.74, 6) is 0.824. The zero-order valence-electron chi connectivity index (χ0n) is 12.8. The van der Waals surface area contributed by atoms with Crippen molar-refractivity contribution in [1.82, 2.24) is 0 Å². The zero-order valence-corrected chi connectivity index (χ0v) is 16.0. The van der Waals surface area contributed by atoms with Gasteiger partial charge in [-0.25, -0.2) is 4.39 Å². The van der Waals surface area contributed by atoms with E-state index in [1.807, 2.05) is 12.1 Å². The van der Waals surface area contributed by atoms with Crippen LogP contribution in [0.5, 0.6) is 0 Å². The summed E-state index contributed by atoms with van der Waals surface area (Å²) in [6, 6.07) is 5.48. The normalized spacial score (nSPS) is 26.0. The van der Waals surface area contributed by atoms with Gasteiger partial charge in [-0.1, -0.05) is 64.1 Å². The lowest BCUT2D eigenvalue weighted by atomic mass is 9.68. The minimum absolute atomic E-state index is 0.0715. The summed E-state index contributed by atoms with van der Waals surface area (Å²) in [4.78, 5) is 0. The molecule has 0 spiro atoms. The summed E-state index contributed by atoms with van der Waals surface area (Å²) < 4.78 is 14.9. The van der Waals surface area contributed by atoms with Crippen molar-refractivity contribution in [2.45, 2.75) is 58.3 Å². The molecule has 0 aliphatic heterocycles. The maximum absolute atomic E-state index is 14.1. The fourth-order valence-electron chi connectivity index (χ4n) is 3.50. The van der Waals surface area contributed by atoms with E-state index in [4.69, 9.17) is 0 Å². The van der Waals surface area contributed by atoms with E-state index in [-0.39, 0.29) is 11.2 Å². The molecule has 0 atom stereocenters. The van der Waals surface area contributed by atoms with Gasteiger partial charge >= 0.3 is 0 Å². The maximum Gasteiger partial charge on any atom is 0.127 e. The van der Waals surface area contributed by atoms with Crippen molar-refractivity contribution in [3.05, 3.63) is 34.1 Å². The molecule has 1 aromatic rings. The van der Waals surface area contributed by atoms with Crippen LogP contribution in [0.2, 0.25) is 0 Å². The van der Waals surface area contributed by atoms with Crippen LogP contribution >= 0.6 is 31.9 Å². The van der Waals surface area contributed by atoms with E-state index in [1.165, 1.54) is 44.9 Å². The predicted octanol–water partition coefficient (Wildman–Crippen LogP) is 6.89. The maximum atomic E-state index is 14.1. The number of benzene rings is 1. The highest BCUT2D eigenvalue weighted by atomic mass is 79.9. The molecule has 3 heteroatoms. The van der Waals surface area contributed by atoms with Gasteiger partial charge in [-0.2, -0.15) is 0 Å². The standard InChI is InChI=1S/C18H25Br2F/c1-2-3-4-14-7-9-18(13-19,10-8-14)12-15-5-6-16(20)11-17(15)21/h5-6,11,14H,2-4,7-10,12-13H2,1H3. The van der Waals surface area contributed by atoms with Gasteiger partial charge in [0.15, 0.2) is 0 Å². The van der Waals surface area contributed by atoms with Gasteiger partial charge in [0, 0.05) is 9.80 Å². The van der Waals surface area contributed by atoms with Gasteiger partial charge < -0.3 is 0 Å². The van der Waals surface area contributed by atoms with Crippen molar-refractivity contribution >= 4 is 31.9 Å². The summed E-state index contributed by atoms with van der Waals surface area (Å²) in [7, 11) is 0. The SMILES string of the molecule is CCCCC1CCC(CBr)(Cc2ccc(Br)cc2F)CC1. The minimum Gasteiger partial charge on any atom is -0.207 e. The van der Waals surface area contributed by atoms with E-state index in [1.54, 1.807) is 6.07 Å². The zero-order chi connectivity index (χ0) is 15.3. The van der Waals surface area contributed by atoms with Gasteiger partial charge in [0.25, 0.3) is 0 Å². The quantitative estimate of drug-likeness (QED) is 0.440. The summed E-state index contributed by atoms with van der Waals surface area (Å²) >= 11 is 7.04. The molecule has 0 amide bonds. The van der Waals surface area contributed by atoms with Crippen LogP contribution in [-0.4, -0.2) is 5.33 Å². The topological polar surface area (TPSA) is 0 Å². The highest BCUT2D eigenvalue weighted by molar-refractivity contribution is 9.10. The van der Waals surface area contributed by atoms with Gasteiger partial charge in [0.2, 0.25) is 0 Å². The molecular formula is C18H25Br2F. The van der Waals surface area contributed by atoms with Gasteiger partial charge in [0.05, 0.1) is 0 Å². The fraction of sp³-hybridized carbons (Fsp3) is 0.667. The van der Waals surface area contributed by atoms with Crippen molar-refractivity contribution in [1.29, 1.82) is 0 Å². The van der Waals surface area contributed by atoms with E-state index in [0.717, 1.165) is 27.7 Å². The summed E-state index contributed by atoms with van der Waals surface area (Å²) in [6.07, 6.45) is 9.95. The lowest BCUT2D eigenvalue weighted by molar-refractivity contribution is 0.167.